The van der Waals surface area contributed by atoms with Gasteiger partial charge in [0.2, 0.25) is 5.90 Å². The van der Waals surface area contributed by atoms with Crippen molar-refractivity contribution < 1.29 is 14.3 Å². The quantitative estimate of drug-likeness (QED) is 0.719. The van der Waals surface area contributed by atoms with Crippen molar-refractivity contribution in [2.24, 2.45) is 4.99 Å². The van der Waals surface area contributed by atoms with Crippen molar-refractivity contribution in [1.82, 2.24) is 0 Å². The highest BCUT2D eigenvalue weighted by atomic mass is 16.6. The number of benzene rings is 1. The topological polar surface area (TPSA) is 47.9 Å². The van der Waals surface area contributed by atoms with Crippen molar-refractivity contribution in [1.29, 1.82) is 0 Å². The summed E-state index contributed by atoms with van der Waals surface area (Å²) in [6, 6.07) is 8.85. The van der Waals surface area contributed by atoms with Crippen LogP contribution in [0.4, 0.5) is 0 Å². The first kappa shape index (κ1) is 10.8. The summed E-state index contributed by atoms with van der Waals surface area (Å²) in [7, 11) is 0. The molecule has 1 aliphatic rings. The number of hydrogen-bond donors (Lipinski definition) is 0. The number of rotatable bonds is 4. The SMILES string of the molecule is CCOCC1N=C(c2ccccc2)OC1=O. The molecule has 0 fully saturated rings. The normalized spacial score (nSPS) is 19.4. The first-order valence-corrected chi connectivity index (χ1v) is 5.24. The fourth-order valence-electron chi connectivity index (χ4n) is 1.43. The van der Waals surface area contributed by atoms with Crippen molar-refractivity contribution in [3.8, 4) is 0 Å². The van der Waals surface area contributed by atoms with Crippen LogP contribution < -0.4 is 0 Å². The van der Waals surface area contributed by atoms with Crippen LogP contribution in [-0.4, -0.2) is 31.1 Å². The maximum Gasteiger partial charge on any atom is 0.340 e. The highest BCUT2D eigenvalue weighted by Gasteiger charge is 2.29. The lowest BCUT2D eigenvalue weighted by atomic mass is 10.2. The second-order valence-electron chi connectivity index (χ2n) is 3.40. The Hall–Kier alpha value is -1.68. The van der Waals surface area contributed by atoms with E-state index in [9.17, 15) is 4.79 Å². The minimum atomic E-state index is -0.518. The number of cyclic esters (lactones) is 1. The highest BCUT2D eigenvalue weighted by molar-refractivity contribution is 6.06. The van der Waals surface area contributed by atoms with Gasteiger partial charge in [0.25, 0.3) is 0 Å². The van der Waals surface area contributed by atoms with Crippen molar-refractivity contribution in [2.75, 3.05) is 13.2 Å². The zero-order valence-electron chi connectivity index (χ0n) is 9.05. The molecule has 0 saturated carbocycles. The van der Waals surface area contributed by atoms with Gasteiger partial charge in [-0.05, 0) is 19.1 Å². The van der Waals surface area contributed by atoms with E-state index in [2.05, 4.69) is 4.99 Å². The van der Waals surface area contributed by atoms with Crippen LogP contribution in [0.15, 0.2) is 35.3 Å². The van der Waals surface area contributed by atoms with E-state index in [1.165, 1.54) is 0 Å². The van der Waals surface area contributed by atoms with E-state index in [4.69, 9.17) is 9.47 Å². The predicted molar refractivity (Wildman–Crippen MR) is 59.4 cm³/mol. The van der Waals surface area contributed by atoms with Crippen LogP contribution in [0.5, 0.6) is 0 Å². The van der Waals surface area contributed by atoms with Gasteiger partial charge in [-0.1, -0.05) is 18.2 Å². The Kier molecular flexibility index (Phi) is 3.31. The third-order valence-corrected chi connectivity index (χ3v) is 2.24. The van der Waals surface area contributed by atoms with Crippen LogP contribution in [0.2, 0.25) is 0 Å². The molecule has 2 rings (SSSR count). The molecule has 0 radical (unpaired) electrons. The van der Waals surface area contributed by atoms with Crippen LogP contribution in [-0.2, 0) is 14.3 Å². The summed E-state index contributed by atoms with van der Waals surface area (Å²) in [4.78, 5) is 15.6. The predicted octanol–water partition coefficient (Wildman–Crippen LogP) is 1.40. The van der Waals surface area contributed by atoms with Gasteiger partial charge in [-0.25, -0.2) is 9.79 Å². The molecule has 0 saturated heterocycles. The number of aliphatic imine (C=N–C) groups is 1. The third kappa shape index (κ3) is 2.28. The first-order valence-electron chi connectivity index (χ1n) is 5.24. The Balaban J connectivity index is 2.10. The molecule has 0 N–H and O–H groups in total. The zero-order valence-corrected chi connectivity index (χ0v) is 9.05. The fraction of sp³-hybridized carbons (Fsp3) is 0.333. The standard InChI is InChI=1S/C12H13NO3/c1-2-15-8-10-12(14)16-11(13-10)9-6-4-3-5-7-9/h3-7,10H,2,8H2,1H3. The molecule has 1 heterocycles. The Labute approximate surface area is 93.9 Å². The third-order valence-electron chi connectivity index (χ3n) is 2.24. The molecule has 0 aromatic heterocycles. The van der Waals surface area contributed by atoms with E-state index in [0.29, 0.717) is 12.5 Å². The van der Waals surface area contributed by atoms with Crippen LogP contribution >= 0.6 is 0 Å². The molecule has 16 heavy (non-hydrogen) atoms. The Morgan fingerprint density at radius 2 is 2.12 bits per heavy atom. The Morgan fingerprint density at radius 3 is 2.81 bits per heavy atom. The summed E-state index contributed by atoms with van der Waals surface area (Å²) in [6.45, 7) is 2.73. The number of carbonyl (C=O) groups excluding carboxylic acids is 1. The lowest BCUT2D eigenvalue weighted by Gasteiger charge is -2.01. The molecule has 84 valence electrons. The number of esters is 1. The number of hydrogen-bond acceptors (Lipinski definition) is 4. The largest absolute Gasteiger partial charge is 0.406 e. The smallest absolute Gasteiger partial charge is 0.340 e. The van der Waals surface area contributed by atoms with E-state index in [-0.39, 0.29) is 12.6 Å². The van der Waals surface area contributed by atoms with Gasteiger partial charge in [0.15, 0.2) is 6.04 Å². The first-order chi connectivity index (χ1) is 7.81. The second-order valence-corrected chi connectivity index (χ2v) is 3.40. The summed E-state index contributed by atoms with van der Waals surface area (Å²) < 4.78 is 10.3. The Morgan fingerprint density at radius 1 is 1.38 bits per heavy atom. The van der Waals surface area contributed by atoms with E-state index in [0.717, 1.165) is 5.56 Å². The molecule has 4 nitrogen and oxygen atoms in total. The van der Waals surface area contributed by atoms with E-state index < -0.39 is 6.04 Å². The number of nitrogens with zero attached hydrogens (tertiary/aromatic N) is 1. The molecular formula is C12H13NO3. The minimum Gasteiger partial charge on any atom is -0.406 e. The van der Waals surface area contributed by atoms with Crippen LogP contribution in [0, 0.1) is 0 Å². The van der Waals surface area contributed by atoms with Gasteiger partial charge in [0, 0.05) is 12.2 Å². The monoisotopic (exact) mass is 219 g/mol. The maximum absolute atomic E-state index is 11.4. The van der Waals surface area contributed by atoms with Gasteiger partial charge in [0.05, 0.1) is 6.61 Å². The second kappa shape index (κ2) is 4.90. The van der Waals surface area contributed by atoms with Crippen molar-refractivity contribution >= 4 is 11.9 Å². The maximum atomic E-state index is 11.4. The lowest BCUT2D eigenvalue weighted by molar-refractivity contribution is -0.136. The number of carbonyl (C=O) groups is 1. The lowest BCUT2D eigenvalue weighted by Crippen LogP contribution is -2.21. The fourth-order valence-corrected chi connectivity index (χ4v) is 1.43. The summed E-state index contributed by atoms with van der Waals surface area (Å²) in [5.41, 5.74) is 0.815. The molecule has 4 heteroatoms. The summed E-state index contributed by atoms with van der Waals surface area (Å²) in [5.74, 6) is 0.0441. The molecule has 0 spiro atoms. The number of ether oxygens (including phenoxy) is 2. The van der Waals surface area contributed by atoms with Crippen molar-refractivity contribution in [3.05, 3.63) is 35.9 Å². The van der Waals surface area contributed by atoms with Crippen LogP contribution in [0.1, 0.15) is 12.5 Å². The van der Waals surface area contributed by atoms with Crippen molar-refractivity contribution in [3.63, 3.8) is 0 Å². The van der Waals surface area contributed by atoms with Crippen LogP contribution in [0.3, 0.4) is 0 Å². The minimum absolute atomic E-state index is 0.283. The zero-order chi connectivity index (χ0) is 11.4. The van der Waals surface area contributed by atoms with Gasteiger partial charge in [-0.3, -0.25) is 0 Å². The van der Waals surface area contributed by atoms with Gasteiger partial charge >= 0.3 is 5.97 Å². The van der Waals surface area contributed by atoms with E-state index in [1.807, 2.05) is 37.3 Å². The van der Waals surface area contributed by atoms with Crippen molar-refractivity contribution in [2.45, 2.75) is 13.0 Å². The molecule has 1 atom stereocenters. The van der Waals surface area contributed by atoms with Crippen LogP contribution in [0.25, 0.3) is 0 Å². The molecule has 1 unspecified atom stereocenters. The average molecular weight is 219 g/mol. The van der Waals surface area contributed by atoms with Gasteiger partial charge in [-0.2, -0.15) is 0 Å². The highest BCUT2D eigenvalue weighted by Crippen LogP contribution is 2.13. The van der Waals surface area contributed by atoms with Gasteiger partial charge < -0.3 is 9.47 Å². The average Bonchev–Trinajstić information content (AvgIpc) is 2.69. The Bertz CT molecular complexity index is 400. The summed E-state index contributed by atoms with van der Waals surface area (Å²) in [6.07, 6.45) is 0. The van der Waals surface area contributed by atoms with E-state index in [1.54, 1.807) is 0 Å². The molecular weight excluding hydrogens is 206 g/mol. The molecule has 0 aliphatic carbocycles. The molecule has 1 aromatic rings. The molecule has 0 amide bonds. The van der Waals surface area contributed by atoms with E-state index >= 15 is 0 Å². The van der Waals surface area contributed by atoms with Gasteiger partial charge in [0.1, 0.15) is 0 Å². The summed E-state index contributed by atoms with van der Waals surface area (Å²) in [5, 5.41) is 0. The molecule has 1 aliphatic heterocycles. The molecule has 1 aromatic carbocycles. The van der Waals surface area contributed by atoms with Gasteiger partial charge in [-0.15, -0.1) is 0 Å². The summed E-state index contributed by atoms with van der Waals surface area (Å²) >= 11 is 0. The molecule has 0 bridgehead atoms.